The van der Waals surface area contributed by atoms with Gasteiger partial charge in [-0.3, -0.25) is 0 Å². The van der Waals surface area contributed by atoms with Crippen molar-refractivity contribution in [2.24, 2.45) is 9.98 Å². The number of hydrogen-bond acceptors (Lipinski definition) is 2. The number of thiocarbonyl (C=S) groups is 1. The lowest BCUT2D eigenvalue weighted by Gasteiger charge is -2.28. The molecule has 2 heterocycles. The van der Waals surface area contributed by atoms with Gasteiger partial charge in [-0.05, 0) is 67.9 Å². The second kappa shape index (κ2) is 8.68. The zero-order valence-electron chi connectivity index (χ0n) is 18.9. The standard InChI is InChI=1S/C28H24N4S/c1-18(2)16-24-29-22-17-19(3)14-15-23(22)32(24)27-25(20-10-6-4-7-11-20)30-28(33)31-26(27)21-12-8-5-9-13-21/h4-17,27H,1-3H3. The Balaban J connectivity index is 1.84. The van der Waals surface area contributed by atoms with Gasteiger partial charge in [0.15, 0.2) is 0 Å². The number of fused-ring (bicyclic) bond motifs is 1. The Bertz CT molecular complexity index is 1380. The summed E-state index contributed by atoms with van der Waals surface area (Å²) in [5.41, 5.74) is 8.13. The fraction of sp³-hybridized carbons (Fsp3) is 0.143. The number of hydrogen-bond donors (Lipinski definition) is 0. The monoisotopic (exact) mass is 448 g/mol. The first-order chi connectivity index (χ1) is 16.0. The SMILES string of the molecule is CC(C)=Cc1nc2cc(C)ccc2n1C1C(c2ccccc2)=NC(=S)N=C1c1ccccc1. The number of imidazole rings is 1. The molecule has 0 bridgehead atoms. The molecule has 1 aliphatic heterocycles. The van der Waals surface area contributed by atoms with Crippen LogP contribution in [0.3, 0.4) is 0 Å². The van der Waals surface area contributed by atoms with Crippen LogP contribution >= 0.6 is 12.2 Å². The molecular formula is C28H24N4S. The fourth-order valence-corrected chi connectivity index (χ4v) is 4.45. The number of aromatic nitrogens is 2. The maximum Gasteiger partial charge on any atom is 0.219 e. The molecule has 5 heteroatoms. The van der Waals surface area contributed by atoms with Crippen molar-refractivity contribution in [1.82, 2.24) is 9.55 Å². The van der Waals surface area contributed by atoms with Crippen molar-refractivity contribution in [3.63, 3.8) is 0 Å². The molecule has 0 spiro atoms. The van der Waals surface area contributed by atoms with Crippen LogP contribution in [0.5, 0.6) is 0 Å². The molecule has 0 atom stereocenters. The molecular weight excluding hydrogens is 424 g/mol. The van der Waals surface area contributed by atoms with Gasteiger partial charge in [0.05, 0.1) is 22.5 Å². The third kappa shape index (κ3) is 4.08. The van der Waals surface area contributed by atoms with Crippen LogP contribution in [0.15, 0.2) is 94.4 Å². The lowest BCUT2D eigenvalue weighted by molar-refractivity contribution is 0.800. The van der Waals surface area contributed by atoms with E-state index in [4.69, 9.17) is 27.2 Å². The molecule has 1 aliphatic rings. The van der Waals surface area contributed by atoms with E-state index in [-0.39, 0.29) is 6.04 Å². The molecule has 0 unspecified atom stereocenters. The summed E-state index contributed by atoms with van der Waals surface area (Å²) in [6.07, 6.45) is 2.12. The van der Waals surface area contributed by atoms with E-state index in [1.165, 1.54) is 11.1 Å². The van der Waals surface area contributed by atoms with Gasteiger partial charge in [0.25, 0.3) is 0 Å². The van der Waals surface area contributed by atoms with E-state index in [2.05, 4.69) is 73.9 Å². The van der Waals surface area contributed by atoms with E-state index in [0.29, 0.717) is 5.11 Å². The van der Waals surface area contributed by atoms with Gasteiger partial charge in [-0.2, -0.15) is 0 Å². The third-order valence-electron chi connectivity index (χ3n) is 5.64. The summed E-state index contributed by atoms with van der Waals surface area (Å²) in [6.45, 7) is 6.26. The molecule has 0 N–H and O–H groups in total. The number of benzene rings is 3. The normalized spacial score (nSPS) is 14.2. The van der Waals surface area contributed by atoms with Crippen molar-refractivity contribution in [2.75, 3.05) is 0 Å². The Labute approximate surface area is 199 Å². The number of nitrogens with zero attached hydrogens (tertiary/aromatic N) is 4. The lowest BCUT2D eigenvalue weighted by Crippen LogP contribution is -2.33. The van der Waals surface area contributed by atoms with E-state index in [9.17, 15) is 0 Å². The van der Waals surface area contributed by atoms with Gasteiger partial charge in [-0.25, -0.2) is 15.0 Å². The summed E-state index contributed by atoms with van der Waals surface area (Å²) in [6, 6.07) is 26.5. The molecule has 4 nitrogen and oxygen atoms in total. The van der Waals surface area contributed by atoms with Crippen molar-refractivity contribution in [3.8, 4) is 0 Å². The summed E-state index contributed by atoms with van der Waals surface area (Å²) in [5, 5.41) is 0.341. The summed E-state index contributed by atoms with van der Waals surface area (Å²) in [7, 11) is 0. The molecule has 0 amide bonds. The zero-order valence-corrected chi connectivity index (χ0v) is 19.7. The summed E-state index contributed by atoms with van der Waals surface area (Å²) in [5.74, 6) is 0.876. The molecule has 0 saturated carbocycles. The Morgan fingerprint density at radius 1 is 0.848 bits per heavy atom. The first kappa shape index (κ1) is 21.2. The fourth-order valence-electron chi connectivity index (χ4n) is 4.25. The predicted octanol–water partition coefficient (Wildman–Crippen LogP) is 6.59. The number of allylic oxidation sites excluding steroid dienone is 1. The van der Waals surface area contributed by atoms with E-state index in [1.54, 1.807) is 0 Å². The largest absolute Gasteiger partial charge is 0.309 e. The summed E-state index contributed by atoms with van der Waals surface area (Å²) >= 11 is 5.55. The van der Waals surface area contributed by atoms with Gasteiger partial charge < -0.3 is 4.57 Å². The minimum absolute atomic E-state index is 0.278. The molecule has 0 saturated heterocycles. The average Bonchev–Trinajstić information content (AvgIpc) is 3.15. The van der Waals surface area contributed by atoms with Crippen LogP contribution in [0, 0.1) is 6.92 Å². The Hall–Kier alpha value is -3.70. The molecule has 162 valence electrons. The highest BCUT2D eigenvalue weighted by molar-refractivity contribution is 7.80. The average molecular weight is 449 g/mol. The highest BCUT2D eigenvalue weighted by atomic mass is 32.1. The van der Waals surface area contributed by atoms with Crippen LogP contribution in [-0.4, -0.2) is 26.1 Å². The maximum absolute atomic E-state index is 5.55. The number of rotatable bonds is 4. The van der Waals surface area contributed by atoms with E-state index >= 15 is 0 Å². The third-order valence-corrected chi connectivity index (χ3v) is 5.82. The Kier molecular flexibility index (Phi) is 5.56. The van der Waals surface area contributed by atoms with Gasteiger partial charge in [0.2, 0.25) is 5.11 Å². The van der Waals surface area contributed by atoms with Crippen LogP contribution in [0.2, 0.25) is 0 Å². The maximum atomic E-state index is 5.55. The zero-order chi connectivity index (χ0) is 22.9. The van der Waals surface area contributed by atoms with Crippen molar-refractivity contribution < 1.29 is 0 Å². The van der Waals surface area contributed by atoms with E-state index in [1.807, 2.05) is 36.4 Å². The van der Waals surface area contributed by atoms with Crippen LogP contribution in [0.4, 0.5) is 0 Å². The molecule has 0 fully saturated rings. The van der Waals surface area contributed by atoms with Gasteiger partial charge in [0.1, 0.15) is 11.9 Å². The lowest BCUT2D eigenvalue weighted by atomic mass is 9.93. The number of aryl methyl sites for hydroxylation is 1. The number of aliphatic imine (C=N–C) groups is 2. The predicted molar refractivity (Wildman–Crippen MR) is 141 cm³/mol. The van der Waals surface area contributed by atoms with Gasteiger partial charge >= 0.3 is 0 Å². The van der Waals surface area contributed by atoms with Gasteiger partial charge in [-0.15, -0.1) is 0 Å². The smallest absolute Gasteiger partial charge is 0.219 e. The Morgan fingerprint density at radius 2 is 1.42 bits per heavy atom. The highest BCUT2D eigenvalue weighted by Gasteiger charge is 2.33. The molecule has 0 aliphatic carbocycles. The van der Waals surface area contributed by atoms with Crippen molar-refractivity contribution >= 4 is 45.9 Å². The second-order valence-corrected chi connectivity index (χ2v) is 8.83. The van der Waals surface area contributed by atoms with Gasteiger partial charge in [-0.1, -0.05) is 72.3 Å². The van der Waals surface area contributed by atoms with Crippen LogP contribution in [-0.2, 0) is 0 Å². The Morgan fingerprint density at radius 3 is 1.97 bits per heavy atom. The van der Waals surface area contributed by atoms with Crippen LogP contribution in [0.1, 0.15) is 42.4 Å². The van der Waals surface area contributed by atoms with E-state index in [0.717, 1.165) is 39.4 Å². The topological polar surface area (TPSA) is 42.5 Å². The molecule has 33 heavy (non-hydrogen) atoms. The molecule has 1 aromatic heterocycles. The molecule has 0 radical (unpaired) electrons. The summed E-state index contributed by atoms with van der Waals surface area (Å²) in [4.78, 5) is 14.6. The molecule has 4 aromatic rings. The van der Waals surface area contributed by atoms with Crippen molar-refractivity contribution in [3.05, 3.63) is 107 Å². The van der Waals surface area contributed by atoms with Crippen molar-refractivity contribution in [1.29, 1.82) is 0 Å². The first-order valence-electron chi connectivity index (χ1n) is 11.0. The van der Waals surface area contributed by atoms with Crippen LogP contribution < -0.4 is 0 Å². The molecule has 3 aromatic carbocycles. The van der Waals surface area contributed by atoms with E-state index < -0.39 is 0 Å². The molecule has 5 rings (SSSR count). The second-order valence-electron chi connectivity index (χ2n) is 8.47. The highest BCUT2D eigenvalue weighted by Crippen LogP contribution is 2.32. The quantitative estimate of drug-likeness (QED) is 0.331. The minimum atomic E-state index is -0.278. The van der Waals surface area contributed by atoms with Crippen molar-refractivity contribution in [2.45, 2.75) is 26.8 Å². The minimum Gasteiger partial charge on any atom is -0.309 e. The first-order valence-corrected chi connectivity index (χ1v) is 11.4. The van der Waals surface area contributed by atoms with Crippen LogP contribution in [0.25, 0.3) is 17.1 Å². The summed E-state index contributed by atoms with van der Waals surface area (Å²) < 4.78 is 2.25. The van der Waals surface area contributed by atoms with Gasteiger partial charge in [0, 0.05) is 0 Å².